The highest BCUT2D eigenvalue weighted by Gasteiger charge is 2.23. The van der Waals surface area contributed by atoms with Crippen LogP contribution < -0.4 is 20.1 Å². The Morgan fingerprint density at radius 3 is 2.43 bits per heavy atom. The summed E-state index contributed by atoms with van der Waals surface area (Å²) in [6.07, 6.45) is 1.01. The number of carbonyl (C=O) groups is 1. The summed E-state index contributed by atoms with van der Waals surface area (Å²) in [6.45, 7) is 3.99. The molecule has 23 heavy (non-hydrogen) atoms. The molecule has 8 nitrogen and oxygen atoms in total. The number of hydrogen-bond donors (Lipinski definition) is 2. The fourth-order valence-electron chi connectivity index (χ4n) is 1.88. The molecule has 1 rings (SSSR count). The lowest BCUT2D eigenvalue weighted by Gasteiger charge is -2.11. The zero-order valence-electron chi connectivity index (χ0n) is 13.4. The maximum atomic E-state index is 12.1. The Morgan fingerprint density at radius 1 is 1.22 bits per heavy atom. The summed E-state index contributed by atoms with van der Waals surface area (Å²) >= 11 is 0. The molecule has 0 aromatic heterocycles. The van der Waals surface area contributed by atoms with Gasteiger partial charge in [-0.1, -0.05) is 6.92 Å². The van der Waals surface area contributed by atoms with E-state index in [1.165, 1.54) is 26.4 Å². The molecule has 1 aromatic rings. The van der Waals surface area contributed by atoms with E-state index >= 15 is 0 Å². The first-order chi connectivity index (χ1) is 10.5. The number of nitrogens with one attached hydrogen (secondary N) is 2. The molecule has 0 bridgehead atoms. The van der Waals surface area contributed by atoms with Gasteiger partial charge in [0, 0.05) is 19.2 Å². The maximum Gasteiger partial charge on any atom is 0.315 e. The predicted octanol–water partition coefficient (Wildman–Crippen LogP) is 1.76. The monoisotopic (exact) mass is 347 g/mol. The molecule has 2 N–H and O–H groups in total. The summed E-state index contributed by atoms with van der Waals surface area (Å²) in [5.74, 6) is -0.262. The van der Waals surface area contributed by atoms with Gasteiger partial charge in [-0.2, -0.15) is 0 Å². The van der Waals surface area contributed by atoms with Crippen LogP contribution in [0.15, 0.2) is 12.1 Å². The van der Waals surface area contributed by atoms with Crippen LogP contribution in [0.2, 0.25) is 0 Å². The van der Waals surface area contributed by atoms with Crippen molar-refractivity contribution in [3.63, 3.8) is 0 Å². The molecule has 0 aliphatic heterocycles. The van der Waals surface area contributed by atoms with Crippen LogP contribution in [0.3, 0.4) is 0 Å². The van der Waals surface area contributed by atoms with E-state index in [9.17, 15) is 14.9 Å². The van der Waals surface area contributed by atoms with Crippen LogP contribution in [0.1, 0.15) is 23.7 Å². The number of nitro groups is 1. The quantitative estimate of drug-likeness (QED) is 0.401. The lowest BCUT2D eigenvalue weighted by molar-refractivity contribution is -0.385. The van der Waals surface area contributed by atoms with Gasteiger partial charge in [-0.3, -0.25) is 14.9 Å². The number of carbonyl (C=O) groups excluding carboxylic acids is 1. The Hall–Kier alpha value is -2.06. The van der Waals surface area contributed by atoms with Crippen LogP contribution in [0.25, 0.3) is 0 Å². The third kappa shape index (κ3) is 5.91. The van der Waals surface area contributed by atoms with Gasteiger partial charge < -0.3 is 20.1 Å². The van der Waals surface area contributed by atoms with Crippen molar-refractivity contribution in [1.82, 2.24) is 10.6 Å². The van der Waals surface area contributed by atoms with E-state index < -0.39 is 10.8 Å². The molecule has 0 fully saturated rings. The van der Waals surface area contributed by atoms with Crippen molar-refractivity contribution < 1.29 is 19.2 Å². The van der Waals surface area contributed by atoms with Gasteiger partial charge in [0.2, 0.25) is 5.75 Å². The number of ether oxygens (including phenoxy) is 2. The van der Waals surface area contributed by atoms with Crippen LogP contribution in [0.4, 0.5) is 5.69 Å². The van der Waals surface area contributed by atoms with Crippen molar-refractivity contribution in [3.05, 3.63) is 27.8 Å². The minimum absolute atomic E-state index is 0. The lowest BCUT2D eigenvalue weighted by atomic mass is 10.1. The molecule has 9 heteroatoms. The molecule has 0 saturated heterocycles. The molecule has 0 atom stereocenters. The Labute approximate surface area is 141 Å². The summed E-state index contributed by atoms with van der Waals surface area (Å²) in [4.78, 5) is 22.5. The highest BCUT2D eigenvalue weighted by atomic mass is 35.5. The van der Waals surface area contributed by atoms with Gasteiger partial charge in [0.25, 0.3) is 5.91 Å². The van der Waals surface area contributed by atoms with E-state index in [4.69, 9.17) is 9.47 Å². The predicted molar refractivity (Wildman–Crippen MR) is 88.9 cm³/mol. The zero-order chi connectivity index (χ0) is 16.5. The number of halogens is 1. The minimum atomic E-state index is -0.610. The average molecular weight is 348 g/mol. The molecular formula is C14H22ClN3O5. The molecule has 0 heterocycles. The maximum absolute atomic E-state index is 12.1. The highest BCUT2D eigenvalue weighted by molar-refractivity contribution is 5.96. The van der Waals surface area contributed by atoms with Crippen LogP contribution in [0.5, 0.6) is 11.5 Å². The third-order valence-corrected chi connectivity index (χ3v) is 2.93. The summed E-state index contributed by atoms with van der Waals surface area (Å²) in [7, 11) is 2.67. The number of hydrogen-bond acceptors (Lipinski definition) is 6. The van der Waals surface area contributed by atoms with E-state index in [1.807, 2.05) is 6.92 Å². The summed E-state index contributed by atoms with van der Waals surface area (Å²) in [6, 6.07) is 2.59. The second-order valence-corrected chi connectivity index (χ2v) is 4.49. The Bertz CT molecular complexity index is 539. The fraction of sp³-hybridized carbons (Fsp3) is 0.500. The van der Waals surface area contributed by atoms with Crippen molar-refractivity contribution in [2.75, 3.05) is 33.9 Å². The molecule has 0 aliphatic rings. The van der Waals surface area contributed by atoms with Gasteiger partial charge >= 0.3 is 5.69 Å². The highest BCUT2D eigenvalue weighted by Crippen LogP contribution is 2.37. The lowest BCUT2D eigenvalue weighted by Crippen LogP contribution is -2.32. The first kappa shape index (κ1) is 20.9. The number of rotatable bonds is 9. The van der Waals surface area contributed by atoms with Crippen LogP contribution in [0, 0.1) is 10.1 Å². The Balaban J connectivity index is 0.00000484. The second-order valence-electron chi connectivity index (χ2n) is 4.49. The number of nitrogens with zero attached hydrogens (tertiary/aromatic N) is 1. The Morgan fingerprint density at radius 2 is 1.91 bits per heavy atom. The first-order valence-corrected chi connectivity index (χ1v) is 6.94. The van der Waals surface area contributed by atoms with Crippen molar-refractivity contribution in [1.29, 1.82) is 0 Å². The molecular weight excluding hydrogens is 326 g/mol. The van der Waals surface area contributed by atoms with Gasteiger partial charge in [0.1, 0.15) is 0 Å². The molecule has 0 aliphatic carbocycles. The zero-order valence-corrected chi connectivity index (χ0v) is 14.2. The number of methoxy groups -OCH3 is 2. The van der Waals surface area contributed by atoms with E-state index in [1.54, 1.807) is 0 Å². The van der Waals surface area contributed by atoms with Crippen molar-refractivity contribution in [3.8, 4) is 11.5 Å². The number of benzene rings is 1. The SMILES string of the molecule is CCCNCCNC(=O)c1cc(OC)c(OC)c([N+](=O)[O-])c1.Cl. The average Bonchev–Trinajstić information content (AvgIpc) is 2.52. The van der Waals surface area contributed by atoms with E-state index in [2.05, 4.69) is 10.6 Å². The molecule has 0 unspecified atom stereocenters. The molecule has 130 valence electrons. The van der Waals surface area contributed by atoms with E-state index in [0.29, 0.717) is 13.1 Å². The number of nitro benzene ring substituents is 1. The Kier molecular flexibility index (Phi) is 9.68. The summed E-state index contributed by atoms with van der Waals surface area (Å²) < 4.78 is 10.0. The van der Waals surface area contributed by atoms with Crippen molar-refractivity contribution >= 4 is 24.0 Å². The van der Waals surface area contributed by atoms with Crippen LogP contribution in [-0.2, 0) is 0 Å². The van der Waals surface area contributed by atoms with E-state index in [0.717, 1.165) is 13.0 Å². The largest absolute Gasteiger partial charge is 0.493 e. The van der Waals surface area contributed by atoms with Crippen molar-refractivity contribution in [2.24, 2.45) is 0 Å². The van der Waals surface area contributed by atoms with Gasteiger partial charge in [-0.15, -0.1) is 12.4 Å². The van der Waals surface area contributed by atoms with Crippen LogP contribution >= 0.6 is 12.4 Å². The third-order valence-electron chi connectivity index (χ3n) is 2.93. The normalized spacial score (nSPS) is 9.70. The molecule has 0 spiro atoms. The van der Waals surface area contributed by atoms with Crippen molar-refractivity contribution in [2.45, 2.75) is 13.3 Å². The molecule has 0 radical (unpaired) electrons. The van der Waals surface area contributed by atoms with E-state index in [-0.39, 0.29) is 35.2 Å². The standard InChI is InChI=1S/C14H21N3O5.ClH/c1-4-5-15-6-7-16-14(18)10-8-11(17(19)20)13(22-3)12(9-10)21-2;/h8-9,15H,4-7H2,1-3H3,(H,16,18);1H. The van der Waals surface area contributed by atoms with Gasteiger partial charge in [-0.25, -0.2) is 0 Å². The topological polar surface area (TPSA) is 103 Å². The summed E-state index contributed by atoms with van der Waals surface area (Å²) in [5.41, 5.74) is -0.157. The minimum Gasteiger partial charge on any atom is -0.493 e. The summed E-state index contributed by atoms with van der Waals surface area (Å²) in [5, 5.41) is 16.9. The van der Waals surface area contributed by atoms with Crippen LogP contribution in [-0.4, -0.2) is 44.7 Å². The van der Waals surface area contributed by atoms with Gasteiger partial charge in [-0.05, 0) is 19.0 Å². The van der Waals surface area contributed by atoms with Gasteiger partial charge in [0.15, 0.2) is 5.75 Å². The second kappa shape index (κ2) is 10.6. The first-order valence-electron chi connectivity index (χ1n) is 6.94. The molecule has 0 saturated carbocycles. The smallest absolute Gasteiger partial charge is 0.315 e. The van der Waals surface area contributed by atoms with Gasteiger partial charge in [0.05, 0.1) is 24.7 Å². The molecule has 1 aromatic carbocycles. The molecule has 1 amide bonds. The fourth-order valence-corrected chi connectivity index (χ4v) is 1.88. The number of amides is 1.